The Morgan fingerprint density at radius 3 is 2.35 bits per heavy atom. The summed E-state index contributed by atoms with van der Waals surface area (Å²) in [6.07, 6.45) is 1.23. The van der Waals surface area contributed by atoms with Crippen molar-refractivity contribution < 1.29 is 9.59 Å². The van der Waals surface area contributed by atoms with Crippen molar-refractivity contribution in [3.8, 4) is 0 Å². The number of hydrogen-bond acceptors (Lipinski definition) is 2. The Labute approximate surface area is 128 Å². The van der Waals surface area contributed by atoms with Crippen molar-refractivity contribution in [3.63, 3.8) is 0 Å². The van der Waals surface area contributed by atoms with Crippen LogP contribution in [0.5, 0.6) is 0 Å². The number of carbonyl (C=O) groups is 2. The molecule has 5 heteroatoms. The fourth-order valence-electron chi connectivity index (χ4n) is 1.59. The summed E-state index contributed by atoms with van der Waals surface area (Å²) in [6.45, 7) is 4.89. The first-order valence-corrected chi connectivity index (χ1v) is 7.54. The van der Waals surface area contributed by atoms with Gasteiger partial charge in [0.15, 0.2) is 0 Å². The van der Waals surface area contributed by atoms with Gasteiger partial charge in [-0.3, -0.25) is 9.59 Å². The molecule has 1 aromatic carbocycles. The molecule has 4 nitrogen and oxygen atoms in total. The Hall–Kier alpha value is -1.36. The van der Waals surface area contributed by atoms with E-state index >= 15 is 0 Å². The van der Waals surface area contributed by atoms with Gasteiger partial charge in [-0.1, -0.05) is 41.9 Å². The molecule has 0 radical (unpaired) electrons. The van der Waals surface area contributed by atoms with Crippen LogP contribution in [0.15, 0.2) is 28.7 Å². The van der Waals surface area contributed by atoms with Gasteiger partial charge in [0.05, 0.1) is 13.0 Å². The molecular weight excluding hydrogens is 320 g/mol. The van der Waals surface area contributed by atoms with Crippen LogP contribution in [-0.2, 0) is 16.0 Å². The molecule has 0 heterocycles. The lowest BCUT2D eigenvalue weighted by atomic mass is 10.1. The van der Waals surface area contributed by atoms with Crippen molar-refractivity contribution in [1.29, 1.82) is 0 Å². The Balaban J connectivity index is 2.22. The van der Waals surface area contributed by atoms with E-state index < -0.39 is 0 Å². The average Bonchev–Trinajstić information content (AvgIpc) is 2.39. The number of rotatable bonds is 7. The molecule has 2 N–H and O–H groups in total. The number of amides is 2. The summed E-state index contributed by atoms with van der Waals surface area (Å²) in [4.78, 5) is 23.2. The lowest BCUT2D eigenvalue weighted by Gasteiger charge is -2.08. The van der Waals surface area contributed by atoms with E-state index in [2.05, 4.69) is 40.4 Å². The van der Waals surface area contributed by atoms with Crippen LogP contribution in [0.25, 0.3) is 0 Å². The monoisotopic (exact) mass is 340 g/mol. The maximum atomic E-state index is 11.7. The summed E-state index contributed by atoms with van der Waals surface area (Å²) in [5, 5.41) is 5.40. The van der Waals surface area contributed by atoms with E-state index in [0.717, 1.165) is 16.5 Å². The SMILES string of the molecule is CC(C)CCNC(=O)CNC(=O)Cc1ccc(Br)cc1. The summed E-state index contributed by atoms with van der Waals surface area (Å²) in [5.41, 5.74) is 0.922. The summed E-state index contributed by atoms with van der Waals surface area (Å²) in [5.74, 6) is 0.267. The van der Waals surface area contributed by atoms with Gasteiger partial charge in [-0.25, -0.2) is 0 Å². The first kappa shape index (κ1) is 16.7. The molecule has 0 bridgehead atoms. The van der Waals surface area contributed by atoms with E-state index in [1.165, 1.54) is 0 Å². The van der Waals surface area contributed by atoms with Gasteiger partial charge >= 0.3 is 0 Å². The lowest BCUT2D eigenvalue weighted by molar-refractivity contribution is -0.125. The standard InChI is InChI=1S/C15H21BrN2O2/c1-11(2)7-8-17-15(20)10-18-14(19)9-12-3-5-13(16)6-4-12/h3-6,11H,7-10H2,1-2H3,(H,17,20)(H,18,19). The molecule has 0 aliphatic rings. The second kappa shape index (κ2) is 8.74. The van der Waals surface area contributed by atoms with Crippen LogP contribution < -0.4 is 10.6 Å². The average molecular weight is 341 g/mol. The minimum Gasteiger partial charge on any atom is -0.355 e. The van der Waals surface area contributed by atoms with Crippen LogP contribution in [0.2, 0.25) is 0 Å². The molecule has 0 saturated heterocycles. The molecule has 0 fully saturated rings. The highest BCUT2D eigenvalue weighted by Gasteiger charge is 2.06. The van der Waals surface area contributed by atoms with E-state index in [0.29, 0.717) is 12.5 Å². The van der Waals surface area contributed by atoms with E-state index in [1.54, 1.807) is 0 Å². The molecule has 0 aliphatic carbocycles. The molecule has 0 unspecified atom stereocenters. The normalized spacial score (nSPS) is 10.4. The minimum absolute atomic E-state index is 0.0352. The van der Waals surface area contributed by atoms with Gasteiger partial charge in [0.1, 0.15) is 0 Å². The summed E-state index contributed by atoms with van der Waals surface area (Å²) in [7, 11) is 0. The highest BCUT2D eigenvalue weighted by Crippen LogP contribution is 2.10. The quantitative estimate of drug-likeness (QED) is 0.799. The van der Waals surface area contributed by atoms with Crippen molar-refractivity contribution in [2.24, 2.45) is 5.92 Å². The third kappa shape index (κ3) is 7.28. The van der Waals surface area contributed by atoms with Gasteiger partial charge in [-0.05, 0) is 30.0 Å². The molecule has 0 aromatic heterocycles. The second-order valence-electron chi connectivity index (χ2n) is 5.11. The molecule has 0 saturated carbocycles. The Kier molecular flexibility index (Phi) is 7.30. The third-order valence-corrected chi connectivity index (χ3v) is 3.30. The molecule has 110 valence electrons. The number of halogens is 1. The topological polar surface area (TPSA) is 58.2 Å². The van der Waals surface area contributed by atoms with Gasteiger partial charge < -0.3 is 10.6 Å². The van der Waals surface area contributed by atoms with Crippen molar-refractivity contribution >= 4 is 27.7 Å². The Bertz CT molecular complexity index is 444. The van der Waals surface area contributed by atoms with Crippen LogP contribution in [0.1, 0.15) is 25.8 Å². The van der Waals surface area contributed by atoms with Crippen molar-refractivity contribution in [3.05, 3.63) is 34.3 Å². The zero-order valence-corrected chi connectivity index (χ0v) is 13.5. The highest BCUT2D eigenvalue weighted by atomic mass is 79.9. The molecule has 1 rings (SSSR count). The second-order valence-corrected chi connectivity index (χ2v) is 6.03. The van der Waals surface area contributed by atoms with Crippen molar-refractivity contribution in [1.82, 2.24) is 10.6 Å². The summed E-state index contributed by atoms with van der Waals surface area (Å²) >= 11 is 3.34. The number of carbonyl (C=O) groups excluding carboxylic acids is 2. The predicted molar refractivity (Wildman–Crippen MR) is 83.3 cm³/mol. The fourth-order valence-corrected chi connectivity index (χ4v) is 1.86. The molecule has 0 atom stereocenters. The third-order valence-electron chi connectivity index (χ3n) is 2.77. The van der Waals surface area contributed by atoms with E-state index in [4.69, 9.17) is 0 Å². The number of hydrogen-bond donors (Lipinski definition) is 2. The van der Waals surface area contributed by atoms with Gasteiger partial charge in [0, 0.05) is 11.0 Å². The van der Waals surface area contributed by atoms with Crippen molar-refractivity contribution in [2.75, 3.05) is 13.1 Å². The zero-order valence-electron chi connectivity index (χ0n) is 11.9. The van der Waals surface area contributed by atoms with Gasteiger partial charge in [-0.2, -0.15) is 0 Å². The maximum absolute atomic E-state index is 11.7. The van der Waals surface area contributed by atoms with Crippen LogP contribution in [0.3, 0.4) is 0 Å². The highest BCUT2D eigenvalue weighted by molar-refractivity contribution is 9.10. The first-order chi connectivity index (χ1) is 9.47. The smallest absolute Gasteiger partial charge is 0.239 e. The lowest BCUT2D eigenvalue weighted by Crippen LogP contribution is -2.38. The van der Waals surface area contributed by atoms with Crippen molar-refractivity contribution in [2.45, 2.75) is 26.7 Å². The van der Waals surface area contributed by atoms with Gasteiger partial charge in [-0.15, -0.1) is 0 Å². The molecule has 1 aromatic rings. The fraction of sp³-hybridized carbons (Fsp3) is 0.467. The molecule has 2 amide bonds. The first-order valence-electron chi connectivity index (χ1n) is 6.75. The minimum atomic E-state index is -0.147. The van der Waals surface area contributed by atoms with Crippen LogP contribution in [-0.4, -0.2) is 24.9 Å². The Morgan fingerprint density at radius 2 is 1.75 bits per heavy atom. The predicted octanol–water partition coefficient (Wildman–Crippen LogP) is 2.27. The zero-order chi connectivity index (χ0) is 15.0. The van der Waals surface area contributed by atoms with E-state index in [1.807, 2.05) is 24.3 Å². The van der Waals surface area contributed by atoms with Crippen LogP contribution >= 0.6 is 15.9 Å². The Morgan fingerprint density at radius 1 is 1.10 bits per heavy atom. The molecular formula is C15H21BrN2O2. The van der Waals surface area contributed by atoms with Gasteiger partial charge in [0.2, 0.25) is 11.8 Å². The number of benzene rings is 1. The van der Waals surface area contributed by atoms with Crippen LogP contribution in [0.4, 0.5) is 0 Å². The van der Waals surface area contributed by atoms with E-state index in [-0.39, 0.29) is 24.8 Å². The van der Waals surface area contributed by atoms with E-state index in [9.17, 15) is 9.59 Å². The summed E-state index contributed by atoms with van der Waals surface area (Å²) in [6, 6.07) is 7.54. The molecule has 0 aliphatic heterocycles. The summed E-state index contributed by atoms with van der Waals surface area (Å²) < 4.78 is 0.978. The molecule has 0 spiro atoms. The van der Waals surface area contributed by atoms with Gasteiger partial charge in [0.25, 0.3) is 0 Å². The van der Waals surface area contributed by atoms with Crippen LogP contribution in [0, 0.1) is 5.92 Å². The number of nitrogens with one attached hydrogen (secondary N) is 2. The molecule has 20 heavy (non-hydrogen) atoms. The maximum Gasteiger partial charge on any atom is 0.239 e. The largest absolute Gasteiger partial charge is 0.355 e.